The Morgan fingerprint density at radius 1 is 0.957 bits per heavy atom. The molecule has 0 aromatic carbocycles. The Kier molecular flexibility index (Phi) is 14.5. The zero-order valence-electron chi connectivity index (χ0n) is 15.6. The highest BCUT2D eigenvalue weighted by Gasteiger charge is 2.28. The van der Waals surface area contributed by atoms with E-state index < -0.39 is 9.28 Å². The number of esters is 1. The van der Waals surface area contributed by atoms with Crippen molar-refractivity contribution in [1.29, 1.82) is 0 Å². The van der Waals surface area contributed by atoms with Crippen LogP contribution in [0.25, 0.3) is 0 Å². The molecule has 0 saturated carbocycles. The molecule has 0 amide bonds. The van der Waals surface area contributed by atoms with Crippen LogP contribution in [-0.2, 0) is 18.4 Å². The van der Waals surface area contributed by atoms with Gasteiger partial charge in [0.1, 0.15) is 5.73 Å². The van der Waals surface area contributed by atoms with Gasteiger partial charge in [-0.05, 0) is 19.8 Å². The summed E-state index contributed by atoms with van der Waals surface area (Å²) in [6, 6.07) is 0. The lowest BCUT2D eigenvalue weighted by molar-refractivity contribution is -0.142. The molecule has 5 heteroatoms. The van der Waals surface area contributed by atoms with Crippen LogP contribution in [0.3, 0.4) is 0 Å². The van der Waals surface area contributed by atoms with Gasteiger partial charge in [-0.1, -0.05) is 64.9 Å². The average molecular weight is 345 g/mol. The summed E-state index contributed by atoms with van der Waals surface area (Å²) in [7, 11) is 1.28. The Morgan fingerprint density at radius 2 is 1.43 bits per heavy atom. The molecule has 0 saturated heterocycles. The fraction of sp³-hybridized carbons (Fsp3) is 0.833. The summed E-state index contributed by atoms with van der Waals surface area (Å²) >= 11 is 0. The number of rotatable bonds is 15. The molecule has 0 N–H and O–H groups in total. The summed E-state index contributed by atoms with van der Waals surface area (Å²) in [6.45, 7) is 7.53. The molecule has 1 atom stereocenters. The second-order valence-electron chi connectivity index (χ2n) is 6.18. The molecular weight excluding hydrogens is 308 g/mol. The van der Waals surface area contributed by atoms with Crippen molar-refractivity contribution < 1.29 is 18.4 Å². The van der Waals surface area contributed by atoms with E-state index in [1.54, 1.807) is 21.1 Å². The smallest absolute Gasteiger partial charge is 0.363 e. The van der Waals surface area contributed by atoms with Crippen LogP contribution < -0.4 is 0 Å². The monoisotopic (exact) mass is 344 g/mol. The van der Waals surface area contributed by atoms with Crippen LogP contribution >= 0.6 is 0 Å². The highest BCUT2D eigenvalue weighted by atomic mass is 28.3. The van der Waals surface area contributed by atoms with Gasteiger partial charge < -0.3 is 13.6 Å². The summed E-state index contributed by atoms with van der Waals surface area (Å²) < 4.78 is 16.3. The molecule has 0 aliphatic rings. The van der Waals surface area contributed by atoms with Crippen molar-refractivity contribution in [1.82, 2.24) is 0 Å². The Labute approximate surface area is 144 Å². The number of hydrogen-bond acceptors (Lipinski definition) is 4. The van der Waals surface area contributed by atoms with Gasteiger partial charge in [0.05, 0.1) is 0 Å². The number of hydrogen-bond donors (Lipinski definition) is 0. The van der Waals surface area contributed by atoms with Gasteiger partial charge in [0.2, 0.25) is 0 Å². The molecule has 1 unspecified atom stereocenters. The van der Waals surface area contributed by atoms with Crippen LogP contribution in [0.5, 0.6) is 0 Å². The van der Waals surface area contributed by atoms with Gasteiger partial charge >= 0.3 is 15.3 Å². The predicted molar refractivity (Wildman–Crippen MR) is 97.7 cm³/mol. The topological polar surface area (TPSA) is 44.8 Å². The minimum Gasteiger partial charge on any atom is -0.457 e. The molecule has 0 rings (SSSR count). The summed E-state index contributed by atoms with van der Waals surface area (Å²) in [6.07, 6.45) is 12.3. The molecule has 0 bridgehead atoms. The van der Waals surface area contributed by atoms with Gasteiger partial charge in [-0.3, -0.25) is 0 Å². The molecule has 0 aromatic rings. The fourth-order valence-corrected chi connectivity index (χ4v) is 4.09. The van der Waals surface area contributed by atoms with Crippen molar-refractivity contribution in [3.05, 3.63) is 12.2 Å². The highest BCUT2D eigenvalue weighted by molar-refractivity contribution is 6.46. The third-order valence-electron chi connectivity index (χ3n) is 3.97. The van der Waals surface area contributed by atoms with E-state index in [1.165, 1.54) is 51.4 Å². The lowest BCUT2D eigenvalue weighted by atomic mass is 10.1. The van der Waals surface area contributed by atoms with Gasteiger partial charge in [0.15, 0.2) is 0 Å². The van der Waals surface area contributed by atoms with Crippen LogP contribution in [0.15, 0.2) is 12.2 Å². The zero-order chi connectivity index (χ0) is 17.5. The quantitative estimate of drug-likeness (QED) is 0.191. The summed E-state index contributed by atoms with van der Waals surface area (Å²) in [5, 5.41) is 0. The molecular formula is C18H36O4Si. The van der Waals surface area contributed by atoms with Crippen LogP contribution in [0.4, 0.5) is 0 Å². The predicted octanol–water partition coefficient (Wildman–Crippen LogP) is 4.45. The lowest BCUT2D eigenvalue weighted by Gasteiger charge is -2.23. The van der Waals surface area contributed by atoms with Crippen molar-refractivity contribution in [2.45, 2.75) is 83.8 Å². The van der Waals surface area contributed by atoms with Crippen molar-refractivity contribution in [2.24, 2.45) is 0 Å². The maximum Gasteiger partial charge on any atom is 0.363 e. The Bertz CT molecular complexity index is 316. The van der Waals surface area contributed by atoms with Crippen LogP contribution in [0, 0.1) is 0 Å². The van der Waals surface area contributed by atoms with E-state index in [9.17, 15) is 4.79 Å². The van der Waals surface area contributed by atoms with E-state index in [0.717, 1.165) is 12.8 Å². The van der Waals surface area contributed by atoms with Crippen LogP contribution in [0.1, 0.15) is 78.1 Å². The maximum atomic E-state index is 11.7. The van der Waals surface area contributed by atoms with E-state index in [2.05, 4.69) is 13.5 Å². The number of carbonyl (C=O) groups is 1. The first-order valence-electron chi connectivity index (χ1n) is 8.98. The lowest BCUT2D eigenvalue weighted by Crippen LogP contribution is -2.39. The van der Waals surface area contributed by atoms with Crippen molar-refractivity contribution in [2.75, 3.05) is 14.2 Å². The first-order valence-corrected chi connectivity index (χ1v) is 10.6. The van der Waals surface area contributed by atoms with Crippen molar-refractivity contribution in [3.8, 4) is 0 Å². The first kappa shape index (κ1) is 22.3. The van der Waals surface area contributed by atoms with E-state index in [1.807, 2.05) is 0 Å². The molecule has 0 aliphatic carbocycles. The second-order valence-corrected chi connectivity index (χ2v) is 8.60. The van der Waals surface area contributed by atoms with Crippen molar-refractivity contribution in [3.63, 3.8) is 0 Å². The van der Waals surface area contributed by atoms with Gasteiger partial charge in [-0.15, -0.1) is 0 Å². The fourth-order valence-electron chi connectivity index (χ4n) is 2.54. The van der Waals surface area contributed by atoms with Gasteiger partial charge in [-0.25, -0.2) is 4.79 Å². The molecule has 4 nitrogen and oxygen atoms in total. The second kappa shape index (κ2) is 14.9. The molecule has 0 aliphatic heterocycles. The maximum absolute atomic E-state index is 11.7. The minimum absolute atomic E-state index is 0.237. The van der Waals surface area contributed by atoms with E-state index in [4.69, 9.17) is 13.6 Å². The van der Waals surface area contributed by atoms with Gasteiger partial charge in [0, 0.05) is 19.8 Å². The summed E-state index contributed by atoms with van der Waals surface area (Å²) in [5.41, 5.74) is 0.181. The standard InChI is InChI=1S/C18H36O4Si/c1-6-7-8-9-10-11-12-13-14-15-17(23(20-4)21-5)22-18(19)16(2)3/h17,23H,2,6-15H2,1,3-5H3. The Morgan fingerprint density at radius 3 is 1.87 bits per heavy atom. The molecule has 23 heavy (non-hydrogen) atoms. The molecule has 0 radical (unpaired) electrons. The Balaban J connectivity index is 3.96. The normalized spacial score (nSPS) is 12.4. The van der Waals surface area contributed by atoms with Crippen molar-refractivity contribution >= 4 is 15.3 Å². The SMILES string of the molecule is C=C(C)C(=O)OC(CCCCCCCCCCC)[SiH](OC)OC. The first-order chi connectivity index (χ1) is 11.1. The Hall–Kier alpha value is -0.653. The number of carbonyl (C=O) groups excluding carboxylic acids is 1. The van der Waals surface area contributed by atoms with E-state index in [-0.39, 0.29) is 11.7 Å². The van der Waals surface area contributed by atoms with E-state index in [0.29, 0.717) is 5.57 Å². The number of ether oxygens (including phenoxy) is 1. The average Bonchev–Trinajstić information content (AvgIpc) is 2.53. The third kappa shape index (κ3) is 11.5. The molecule has 0 spiro atoms. The summed E-state index contributed by atoms with van der Waals surface area (Å²) in [4.78, 5) is 11.7. The van der Waals surface area contributed by atoms with Crippen LogP contribution in [-0.4, -0.2) is 35.2 Å². The largest absolute Gasteiger partial charge is 0.457 e. The zero-order valence-corrected chi connectivity index (χ0v) is 16.7. The van der Waals surface area contributed by atoms with Gasteiger partial charge in [-0.2, -0.15) is 0 Å². The molecule has 136 valence electrons. The molecule has 0 fully saturated rings. The molecule has 0 heterocycles. The van der Waals surface area contributed by atoms with E-state index >= 15 is 0 Å². The van der Waals surface area contributed by atoms with Crippen LogP contribution in [0.2, 0.25) is 0 Å². The van der Waals surface area contributed by atoms with Gasteiger partial charge in [0.25, 0.3) is 0 Å². The molecule has 0 aromatic heterocycles. The minimum atomic E-state index is -1.97. The highest BCUT2D eigenvalue weighted by Crippen LogP contribution is 2.15. The third-order valence-corrected chi connectivity index (χ3v) is 5.97. The number of unbranched alkanes of at least 4 members (excludes halogenated alkanes) is 8. The summed E-state index contributed by atoms with van der Waals surface area (Å²) in [5.74, 6) is -0.350.